The average Bonchev–Trinajstić information content (AvgIpc) is 2.28. The van der Waals surface area contributed by atoms with Gasteiger partial charge in [0.1, 0.15) is 0 Å². The largest absolute Gasteiger partial charge is 0.396 e. The maximum Gasteiger partial charge on any atom is 0.0724 e. The van der Waals surface area contributed by atoms with Crippen LogP contribution >= 0.6 is 0 Å². The third-order valence-electron chi connectivity index (χ3n) is 2.03. The van der Waals surface area contributed by atoms with Crippen molar-refractivity contribution in [1.29, 1.82) is 0 Å². The molecular formula is C10H17N3O2. The Balaban J connectivity index is 2.33. The van der Waals surface area contributed by atoms with Crippen LogP contribution in [0, 0.1) is 0 Å². The van der Waals surface area contributed by atoms with Gasteiger partial charge in [0.05, 0.1) is 12.3 Å². The van der Waals surface area contributed by atoms with Crippen LogP contribution in [0.15, 0.2) is 18.6 Å². The molecule has 1 unspecified atom stereocenters. The van der Waals surface area contributed by atoms with Gasteiger partial charge in [-0.3, -0.25) is 9.97 Å². The van der Waals surface area contributed by atoms with E-state index in [-0.39, 0.29) is 12.6 Å². The molecule has 1 rings (SSSR count). The fourth-order valence-corrected chi connectivity index (χ4v) is 1.27. The van der Waals surface area contributed by atoms with Crippen molar-refractivity contribution in [1.82, 2.24) is 15.3 Å². The van der Waals surface area contributed by atoms with Crippen molar-refractivity contribution in [3.63, 3.8) is 0 Å². The lowest BCUT2D eigenvalue weighted by Gasteiger charge is -2.16. The van der Waals surface area contributed by atoms with Gasteiger partial charge in [0.25, 0.3) is 0 Å². The molecular weight excluding hydrogens is 194 g/mol. The molecule has 0 saturated carbocycles. The Morgan fingerprint density at radius 3 is 3.00 bits per heavy atom. The summed E-state index contributed by atoms with van der Waals surface area (Å²) in [6, 6.07) is 0.155. The summed E-state index contributed by atoms with van der Waals surface area (Å²) >= 11 is 0. The van der Waals surface area contributed by atoms with Gasteiger partial charge in [-0.05, 0) is 6.42 Å². The van der Waals surface area contributed by atoms with Crippen LogP contribution < -0.4 is 5.32 Å². The Morgan fingerprint density at radius 2 is 2.40 bits per heavy atom. The minimum absolute atomic E-state index is 0.154. The lowest BCUT2D eigenvalue weighted by Crippen LogP contribution is -2.33. The number of methoxy groups -OCH3 is 1. The van der Waals surface area contributed by atoms with Crippen LogP contribution in [0.2, 0.25) is 0 Å². The minimum Gasteiger partial charge on any atom is -0.396 e. The highest BCUT2D eigenvalue weighted by Gasteiger charge is 2.06. The van der Waals surface area contributed by atoms with Gasteiger partial charge in [-0.25, -0.2) is 0 Å². The van der Waals surface area contributed by atoms with E-state index in [1.165, 1.54) is 0 Å². The van der Waals surface area contributed by atoms with Crippen LogP contribution in [0.4, 0.5) is 0 Å². The smallest absolute Gasteiger partial charge is 0.0724 e. The van der Waals surface area contributed by atoms with Gasteiger partial charge < -0.3 is 15.2 Å². The van der Waals surface area contributed by atoms with Crippen molar-refractivity contribution < 1.29 is 9.84 Å². The number of aromatic nitrogens is 2. The van der Waals surface area contributed by atoms with E-state index in [2.05, 4.69) is 15.3 Å². The molecule has 0 amide bonds. The minimum atomic E-state index is 0.154. The molecule has 5 nitrogen and oxygen atoms in total. The fraction of sp³-hybridized carbons (Fsp3) is 0.600. The van der Waals surface area contributed by atoms with E-state index in [0.29, 0.717) is 19.6 Å². The van der Waals surface area contributed by atoms with E-state index < -0.39 is 0 Å². The Labute approximate surface area is 89.5 Å². The van der Waals surface area contributed by atoms with Gasteiger partial charge in [0, 0.05) is 44.9 Å². The molecule has 1 atom stereocenters. The van der Waals surface area contributed by atoms with Crippen molar-refractivity contribution in [2.45, 2.75) is 19.0 Å². The van der Waals surface area contributed by atoms with Crippen molar-refractivity contribution in [2.75, 3.05) is 20.3 Å². The SMILES string of the molecule is COCC(CCO)NCc1cnccn1. The summed E-state index contributed by atoms with van der Waals surface area (Å²) in [7, 11) is 1.65. The van der Waals surface area contributed by atoms with Gasteiger partial charge in [0.15, 0.2) is 0 Å². The lowest BCUT2D eigenvalue weighted by atomic mass is 10.2. The van der Waals surface area contributed by atoms with Gasteiger partial charge >= 0.3 is 0 Å². The first-order valence-corrected chi connectivity index (χ1v) is 4.95. The molecule has 0 aliphatic rings. The third kappa shape index (κ3) is 4.83. The molecule has 0 bridgehead atoms. The van der Waals surface area contributed by atoms with Crippen molar-refractivity contribution in [3.05, 3.63) is 24.3 Å². The van der Waals surface area contributed by atoms with Crippen LogP contribution in [0.3, 0.4) is 0 Å². The van der Waals surface area contributed by atoms with E-state index in [4.69, 9.17) is 9.84 Å². The monoisotopic (exact) mass is 211 g/mol. The summed E-state index contributed by atoms with van der Waals surface area (Å²) in [5.74, 6) is 0. The molecule has 0 spiro atoms. The molecule has 1 aromatic rings. The van der Waals surface area contributed by atoms with E-state index in [1.54, 1.807) is 25.7 Å². The normalized spacial score (nSPS) is 12.7. The quantitative estimate of drug-likeness (QED) is 0.662. The molecule has 0 radical (unpaired) electrons. The summed E-state index contributed by atoms with van der Waals surface area (Å²) < 4.78 is 5.04. The van der Waals surface area contributed by atoms with Gasteiger partial charge in [-0.1, -0.05) is 0 Å². The maximum absolute atomic E-state index is 8.84. The van der Waals surface area contributed by atoms with Gasteiger partial charge in [0.2, 0.25) is 0 Å². The van der Waals surface area contributed by atoms with Crippen LogP contribution in [0.25, 0.3) is 0 Å². The molecule has 0 aliphatic heterocycles. The van der Waals surface area contributed by atoms with E-state index in [1.807, 2.05) is 0 Å². The highest BCUT2D eigenvalue weighted by atomic mass is 16.5. The lowest BCUT2D eigenvalue weighted by molar-refractivity contribution is 0.148. The second kappa shape index (κ2) is 7.28. The molecule has 0 fully saturated rings. The Bertz CT molecular complexity index is 250. The van der Waals surface area contributed by atoms with Crippen molar-refractivity contribution in [3.8, 4) is 0 Å². The van der Waals surface area contributed by atoms with Crippen LogP contribution in [0.1, 0.15) is 12.1 Å². The first kappa shape index (κ1) is 12.0. The molecule has 5 heteroatoms. The second-order valence-corrected chi connectivity index (χ2v) is 3.24. The van der Waals surface area contributed by atoms with Crippen molar-refractivity contribution in [2.24, 2.45) is 0 Å². The number of nitrogens with one attached hydrogen (secondary N) is 1. The summed E-state index contributed by atoms with van der Waals surface area (Å²) in [5.41, 5.74) is 0.886. The summed E-state index contributed by atoms with van der Waals surface area (Å²) in [4.78, 5) is 8.11. The van der Waals surface area contributed by atoms with Crippen molar-refractivity contribution >= 4 is 0 Å². The fourth-order valence-electron chi connectivity index (χ4n) is 1.27. The summed E-state index contributed by atoms with van der Waals surface area (Å²) in [6.07, 6.45) is 5.70. The Kier molecular flexibility index (Phi) is 5.84. The average molecular weight is 211 g/mol. The molecule has 2 N–H and O–H groups in total. The van der Waals surface area contributed by atoms with E-state index in [0.717, 1.165) is 5.69 Å². The number of rotatable bonds is 7. The predicted molar refractivity (Wildman–Crippen MR) is 56.2 cm³/mol. The Morgan fingerprint density at radius 1 is 1.53 bits per heavy atom. The molecule has 15 heavy (non-hydrogen) atoms. The first-order chi connectivity index (χ1) is 7.36. The first-order valence-electron chi connectivity index (χ1n) is 4.95. The zero-order valence-corrected chi connectivity index (χ0v) is 8.89. The predicted octanol–water partition coefficient (Wildman–Crippen LogP) is -0.0364. The van der Waals surface area contributed by atoms with Crippen LogP contribution in [-0.2, 0) is 11.3 Å². The topological polar surface area (TPSA) is 67.3 Å². The molecule has 0 aromatic carbocycles. The maximum atomic E-state index is 8.84. The number of hydrogen-bond donors (Lipinski definition) is 2. The standard InChI is InChI=1S/C10H17N3O2/c1-15-8-9(2-5-14)13-7-10-6-11-3-4-12-10/h3-4,6,9,13-14H,2,5,7-8H2,1H3. The summed E-state index contributed by atoms with van der Waals surface area (Å²) in [5, 5.41) is 12.1. The highest BCUT2D eigenvalue weighted by Crippen LogP contribution is 1.95. The number of ether oxygens (including phenoxy) is 1. The Hall–Kier alpha value is -1.04. The highest BCUT2D eigenvalue weighted by molar-refractivity contribution is 4.94. The van der Waals surface area contributed by atoms with Gasteiger partial charge in [-0.2, -0.15) is 0 Å². The molecule has 1 heterocycles. The molecule has 0 aliphatic carbocycles. The number of hydrogen-bond acceptors (Lipinski definition) is 5. The zero-order valence-electron chi connectivity index (χ0n) is 8.89. The third-order valence-corrected chi connectivity index (χ3v) is 2.03. The summed E-state index contributed by atoms with van der Waals surface area (Å²) in [6.45, 7) is 1.38. The molecule has 84 valence electrons. The van der Waals surface area contributed by atoms with Crippen LogP contribution in [-0.4, -0.2) is 41.4 Å². The molecule has 0 saturated heterocycles. The zero-order chi connectivity index (χ0) is 10.9. The molecule has 1 aromatic heterocycles. The van der Waals surface area contributed by atoms with Crippen LogP contribution in [0.5, 0.6) is 0 Å². The number of aliphatic hydroxyl groups excluding tert-OH is 1. The van der Waals surface area contributed by atoms with E-state index in [9.17, 15) is 0 Å². The van der Waals surface area contributed by atoms with Gasteiger partial charge in [-0.15, -0.1) is 0 Å². The second-order valence-electron chi connectivity index (χ2n) is 3.24. The van der Waals surface area contributed by atoms with E-state index >= 15 is 0 Å². The number of aliphatic hydroxyl groups is 1. The number of nitrogens with zero attached hydrogens (tertiary/aromatic N) is 2.